The van der Waals surface area contributed by atoms with Gasteiger partial charge in [-0.1, -0.05) is 0 Å². The molecule has 8 heteroatoms. The Morgan fingerprint density at radius 3 is 2.13 bits per heavy atom. The minimum Gasteiger partial charge on any atom is -0.339 e. The maximum atomic E-state index is 12.2. The van der Waals surface area contributed by atoms with Crippen molar-refractivity contribution in [2.24, 2.45) is 0 Å². The summed E-state index contributed by atoms with van der Waals surface area (Å²) in [5.74, 6) is -0.0919. The van der Waals surface area contributed by atoms with Crippen molar-refractivity contribution in [2.45, 2.75) is 31.7 Å². The van der Waals surface area contributed by atoms with Crippen LogP contribution in [-0.2, 0) is 10.0 Å². The molecule has 0 saturated carbocycles. The number of carbonyl (C=O) groups is 1. The SMILES string of the molecule is CCN(CC)C(=O)c1ccc(S(=O)(=O)NCC(C)NC)cc1.Cl. The van der Waals surface area contributed by atoms with Gasteiger partial charge in [0.2, 0.25) is 10.0 Å². The van der Waals surface area contributed by atoms with Gasteiger partial charge < -0.3 is 10.2 Å². The second-order valence-corrected chi connectivity index (χ2v) is 6.81. The number of nitrogens with one attached hydrogen (secondary N) is 2. The number of likely N-dealkylation sites (N-methyl/N-ethyl adjacent to an activating group) is 1. The van der Waals surface area contributed by atoms with Gasteiger partial charge in [0.25, 0.3) is 5.91 Å². The Morgan fingerprint density at radius 1 is 1.17 bits per heavy atom. The molecule has 0 fully saturated rings. The molecule has 23 heavy (non-hydrogen) atoms. The van der Waals surface area contributed by atoms with Gasteiger partial charge in [-0.25, -0.2) is 13.1 Å². The van der Waals surface area contributed by atoms with Crippen molar-refractivity contribution in [1.29, 1.82) is 0 Å². The number of benzene rings is 1. The molecule has 0 spiro atoms. The molecule has 6 nitrogen and oxygen atoms in total. The Balaban J connectivity index is 0.00000484. The third-order valence-corrected chi connectivity index (χ3v) is 4.97. The van der Waals surface area contributed by atoms with Crippen LogP contribution in [0.3, 0.4) is 0 Å². The van der Waals surface area contributed by atoms with Crippen LogP contribution in [-0.4, -0.2) is 51.9 Å². The normalized spacial score (nSPS) is 12.3. The lowest BCUT2D eigenvalue weighted by molar-refractivity contribution is 0.0773. The lowest BCUT2D eigenvalue weighted by atomic mass is 10.2. The van der Waals surface area contributed by atoms with Crippen molar-refractivity contribution in [2.75, 3.05) is 26.7 Å². The highest BCUT2D eigenvalue weighted by atomic mass is 35.5. The number of halogens is 1. The van der Waals surface area contributed by atoms with Gasteiger partial charge in [-0.2, -0.15) is 0 Å². The maximum absolute atomic E-state index is 12.2. The minimum absolute atomic E-state index is 0. The highest BCUT2D eigenvalue weighted by molar-refractivity contribution is 7.89. The van der Waals surface area contributed by atoms with Gasteiger partial charge in [-0.15, -0.1) is 12.4 Å². The zero-order valence-corrected chi connectivity index (χ0v) is 15.6. The Hall–Kier alpha value is -1.15. The van der Waals surface area contributed by atoms with E-state index in [1.807, 2.05) is 20.8 Å². The summed E-state index contributed by atoms with van der Waals surface area (Å²) in [6, 6.07) is 6.07. The van der Waals surface area contributed by atoms with Crippen LogP contribution in [0.5, 0.6) is 0 Å². The molecule has 0 saturated heterocycles. The smallest absolute Gasteiger partial charge is 0.253 e. The largest absolute Gasteiger partial charge is 0.339 e. The second kappa shape index (κ2) is 9.87. The summed E-state index contributed by atoms with van der Waals surface area (Å²) in [5.41, 5.74) is 0.492. The fourth-order valence-corrected chi connectivity index (χ4v) is 3.02. The summed E-state index contributed by atoms with van der Waals surface area (Å²) in [6.07, 6.45) is 0. The van der Waals surface area contributed by atoms with Gasteiger partial charge in [-0.3, -0.25) is 4.79 Å². The molecule has 0 aliphatic heterocycles. The summed E-state index contributed by atoms with van der Waals surface area (Å²) in [4.78, 5) is 14.0. The van der Waals surface area contributed by atoms with E-state index in [0.29, 0.717) is 25.2 Å². The van der Waals surface area contributed by atoms with E-state index in [4.69, 9.17) is 0 Å². The molecular weight excluding hydrogens is 338 g/mol. The average molecular weight is 364 g/mol. The molecule has 0 bridgehead atoms. The predicted octanol–water partition coefficient (Wildman–Crippen LogP) is 1.48. The molecule has 1 amide bonds. The van der Waals surface area contributed by atoms with Crippen molar-refractivity contribution < 1.29 is 13.2 Å². The molecule has 1 aromatic carbocycles. The lowest BCUT2D eigenvalue weighted by Crippen LogP contribution is -2.37. The van der Waals surface area contributed by atoms with Crippen molar-refractivity contribution in [3.8, 4) is 0 Å². The van der Waals surface area contributed by atoms with Crippen LogP contribution >= 0.6 is 12.4 Å². The second-order valence-electron chi connectivity index (χ2n) is 5.04. The Bertz CT molecular complexity index is 586. The van der Waals surface area contributed by atoms with Crippen molar-refractivity contribution in [1.82, 2.24) is 14.9 Å². The summed E-state index contributed by atoms with van der Waals surface area (Å²) in [5, 5.41) is 2.96. The van der Waals surface area contributed by atoms with Gasteiger partial charge in [0.15, 0.2) is 0 Å². The highest BCUT2D eigenvalue weighted by Gasteiger charge is 2.17. The van der Waals surface area contributed by atoms with Crippen LogP contribution in [0, 0.1) is 0 Å². The number of amides is 1. The molecule has 132 valence electrons. The van der Waals surface area contributed by atoms with Gasteiger partial charge in [0, 0.05) is 31.2 Å². The molecule has 0 aliphatic rings. The summed E-state index contributed by atoms with van der Waals surface area (Å²) in [6.45, 7) is 7.26. The highest BCUT2D eigenvalue weighted by Crippen LogP contribution is 2.12. The Labute approximate surface area is 145 Å². The first kappa shape index (κ1) is 21.9. The lowest BCUT2D eigenvalue weighted by Gasteiger charge is -2.18. The predicted molar refractivity (Wildman–Crippen MR) is 94.7 cm³/mol. The van der Waals surface area contributed by atoms with Crippen molar-refractivity contribution in [3.63, 3.8) is 0 Å². The number of nitrogens with zero attached hydrogens (tertiary/aromatic N) is 1. The van der Waals surface area contributed by atoms with E-state index in [-0.39, 0.29) is 29.3 Å². The molecule has 0 heterocycles. The van der Waals surface area contributed by atoms with Crippen LogP contribution in [0.2, 0.25) is 0 Å². The van der Waals surface area contributed by atoms with E-state index in [0.717, 1.165) is 0 Å². The van der Waals surface area contributed by atoms with Crippen molar-refractivity contribution in [3.05, 3.63) is 29.8 Å². The zero-order valence-electron chi connectivity index (χ0n) is 14.0. The number of rotatable bonds is 8. The monoisotopic (exact) mass is 363 g/mol. The standard InChI is InChI=1S/C15H25N3O3S.ClH/c1-5-18(6-2)15(19)13-7-9-14(10-8-13)22(20,21)17-11-12(3)16-4;/h7-10,12,16-17H,5-6,11H2,1-4H3;1H. The van der Waals surface area contributed by atoms with E-state index in [1.54, 1.807) is 24.1 Å². The Kier molecular flexibility index (Phi) is 9.38. The molecule has 0 aromatic heterocycles. The molecule has 1 atom stereocenters. The summed E-state index contributed by atoms with van der Waals surface area (Å²) >= 11 is 0. The summed E-state index contributed by atoms with van der Waals surface area (Å²) < 4.78 is 26.8. The molecule has 0 radical (unpaired) electrons. The van der Waals surface area contributed by atoms with Crippen LogP contribution in [0.15, 0.2) is 29.2 Å². The van der Waals surface area contributed by atoms with E-state index in [9.17, 15) is 13.2 Å². The van der Waals surface area contributed by atoms with Crippen LogP contribution in [0.1, 0.15) is 31.1 Å². The first-order valence-electron chi connectivity index (χ1n) is 7.42. The fraction of sp³-hybridized carbons (Fsp3) is 0.533. The maximum Gasteiger partial charge on any atom is 0.253 e. The first-order valence-corrected chi connectivity index (χ1v) is 8.90. The van der Waals surface area contributed by atoms with Crippen LogP contribution in [0.4, 0.5) is 0 Å². The van der Waals surface area contributed by atoms with Crippen molar-refractivity contribution >= 4 is 28.3 Å². The van der Waals surface area contributed by atoms with Crippen LogP contribution in [0.25, 0.3) is 0 Å². The molecule has 1 rings (SSSR count). The molecule has 1 aromatic rings. The summed E-state index contributed by atoms with van der Waals surface area (Å²) in [7, 11) is -1.78. The average Bonchev–Trinajstić information content (AvgIpc) is 2.53. The van der Waals surface area contributed by atoms with E-state index >= 15 is 0 Å². The van der Waals surface area contributed by atoms with Gasteiger partial charge in [-0.05, 0) is 52.1 Å². The number of hydrogen-bond donors (Lipinski definition) is 2. The molecule has 1 unspecified atom stereocenters. The van der Waals surface area contributed by atoms with E-state index in [2.05, 4.69) is 10.0 Å². The van der Waals surface area contributed by atoms with Crippen LogP contribution < -0.4 is 10.0 Å². The Morgan fingerprint density at radius 2 is 1.70 bits per heavy atom. The third-order valence-electron chi connectivity index (χ3n) is 3.53. The third kappa shape index (κ3) is 6.10. The van der Waals surface area contributed by atoms with E-state index in [1.165, 1.54) is 12.1 Å². The fourth-order valence-electron chi connectivity index (χ4n) is 1.89. The molecular formula is C15H26ClN3O3S. The van der Waals surface area contributed by atoms with Gasteiger partial charge in [0.05, 0.1) is 4.90 Å². The topological polar surface area (TPSA) is 78.5 Å². The number of sulfonamides is 1. The minimum atomic E-state index is -3.55. The number of carbonyl (C=O) groups excluding carboxylic acids is 1. The number of hydrogen-bond acceptors (Lipinski definition) is 4. The van der Waals surface area contributed by atoms with Gasteiger partial charge in [0.1, 0.15) is 0 Å². The molecule has 0 aliphatic carbocycles. The zero-order chi connectivity index (χ0) is 16.8. The first-order chi connectivity index (χ1) is 10.4. The quantitative estimate of drug-likeness (QED) is 0.733. The van der Waals surface area contributed by atoms with Gasteiger partial charge >= 0.3 is 0 Å². The molecule has 2 N–H and O–H groups in total. The van der Waals surface area contributed by atoms with E-state index < -0.39 is 10.0 Å².